The normalized spacial score (nSPS) is 15.4. The van der Waals surface area contributed by atoms with E-state index in [1.807, 2.05) is 0 Å². The molecule has 0 spiro atoms. The summed E-state index contributed by atoms with van der Waals surface area (Å²) in [6.45, 7) is 8.22. The second kappa shape index (κ2) is 11.6. The molecule has 2 aromatic rings. The van der Waals surface area contributed by atoms with E-state index >= 15 is 0 Å². The number of hydrogen-bond acceptors (Lipinski definition) is 6. The van der Waals surface area contributed by atoms with Gasteiger partial charge in [-0.2, -0.15) is 0 Å². The molecule has 1 aliphatic rings. The minimum Gasteiger partial charge on any atom is -0.354 e. The van der Waals surface area contributed by atoms with Crippen LogP contribution in [0.2, 0.25) is 0 Å². The molecule has 8 nitrogen and oxygen atoms in total. The highest BCUT2D eigenvalue weighted by atomic mass is 19.1. The molecule has 2 N–H and O–H groups in total. The number of carbonyl (C=O) groups excluding carboxylic acids is 2. The fourth-order valence-electron chi connectivity index (χ4n) is 3.71. The maximum atomic E-state index is 13.9. The molecular weight excluding hydrogens is 430 g/mol. The van der Waals surface area contributed by atoms with Crippen molar-refractivity contribution >= 4 is 17.8 Å². The third kappa shape index (κ3) is 6.67. The van der Waals surface area contributed by atoms with Crippen LogP contribution in [0, 0.1) is 17.6 Å². The van der Waals surface area contributed by atoms with Crippen LogP contribution in [0.5, 0.6) is 0 Å². The number of piperazine rings is 1. The van der Waals surface area contributed by atoms with Gasteiger partial charge in [-0.1, -0.05) is 19.9 Å². The molecule has 1 aromatic heterocycles. The van der Waals surface area contributed by atoms with Gasteiger partial charge in [-0.15, -0.1) is 0 Å². The van der Waals surface area contributed by atoms with Gasteiger partial charge < -0.3 is 15.5 Å². The predicted octanol–water partition coefficient (Wildman–Crippen LogP) is 1.84. The van der Waals surface area contributed by atoms with Crippen LogP contribution < -0.4 is 15.5 Å². The maximum Gasteiger partial charge on any atom is 0.257 e. The van der Waals surface area contributed by atoms with E-state index in [1.165, 1.54) is 6.07 Å². The number of amides is 2. The number of aromatic nitrogens is 2. The summed E-state index contributed by atoms with van der Waals surface area (Å²) in [7, 11) is 0. The first-order chi connectivity index (χ1) is 15.9. The Morgan fingerprint density at radius 1 is 1.03 bits per heavy atom. The zero-order valence-corrected chi connectivity index (χ0v) is 18.9. The first kappa shape index (κ1) is 24.5. The molecule has 2 heterocycles. The van der Waals surface area contributed by atoms with Crippen LogP contribution in [0.25, 0.3) is 0 Å². The van der Waals surface area contributed by atoms with Crippen LogP contribution in [-0.2, 0) is 4.79 Å². The third-order valence-corrected chi connectivity index (χ3v) is 5.58. The number of hydrogen-bond donors (Lipinski definition) is 2. The van der Waals surface area contributed by atoms with Gasteiger partial charge in [0.25, 0.3) is 5.91 Å². The summed E-state index contributed by atoms with van der Waals surface area (Å²) >= 11 is 0. The summed E-state index contributed by atoms with van der Waals surface area (Å²) in [5.41, 5.74) is -0.684. The molecule has 1 aromatic carbocycles. The number of benzene rings is 1. The Kier molecular flexibility index (Phi) is 8.65. The van der Waals surface area contributed by atoms with Crippen molar-refractivity contribution in [3.05, 3.63) is 53.9 Å². The summed E-state index contributed by atoms with van der Waals surface area (Å²) in [5.74, 6) is -2.76. The maximum absolute atomic E-state index is 13.9. The summed E-state index contributed by atoms with van der Waals surface area (Å²) < 4.78 is 27.8. The van der Waals surface area contributed by atoms with Crippen molar-refractivity contribution in [3.63, 3.8) is 0 Å². The van der Waals surface area contributed by atoms with E-state index in [2.05, 4.69) is 30.4 Å². The average Bonchev–Trinajstić information content (AvgIpc) is 2.81. The molecule has 1 fully saturated rings. The third-order valence-electron chi connectivity index (χ3n) is 5.58. The van der Waals surface area contributed by atoms with Crippen LogP contribution in [-0.4, -0.2) is 72.0 Å². The Bertz CT molecular complexity index is 916. The van der Waals surface area contributed by atoms with Crippen molar-refractivity contribution in [2.75, 3.05) is 44.2 Å². The van der Waals surface area contributed by atoms with E-state index in [-0.39, 0.29) is 11.8 Å². The van der Waals surface area contributed by atoms with Gasteiger partial charge in [0.2, 0.25) is 11.9 Å². The minimum absolute atomic E-state index is 0.253. The number of rotatable bonds is 9. The van der Waals surface area contributed by atoms with Crippen molar-refractivity contribution in [1.29, 1.82) is 0 Å². The van der Waals surface area contributed by atoms with Crippen molar-refractivity contribution in [2.24, 2.45) is 5.92 Å². The second-order valence-corrected chi connectivity index (χ2v) is 8.31. The lowest BCUT2D eigenvalue weighted by Crippen LogP contribution is -2.50. The van der Waals surface area contributed by atoms with E-state index < -0.39 is 29.1 Å². The molecule has 0 aliphatic carbocycles. The van der Waals surface area contributed by atoms with Crippen LogP contribution >= 0.6 is 0 Å². The van der Waals surface area contributed by atoms with E-state index in [1.54, 1.807) is 32.3 Å². The molecule has 10 heteroatoms. The molecule has 1 saturated heterocycles. The van der Waals surface area contributed by atoms with Gasteiger partial charge in [-0.25, -0.2) is 18.7 Å². The zero-order valence-electron chi connectivity index (χ0n) is 18.9. The molecule has 33 heavy (non-hydrogen) atoms. The van der Waals surface area contributed by atoms with Crippen LogP contribution in [0.15, 0.2) is 36.7 Å². The number of nitrogens with one attached hydrogen (secondary N) is 2. The lowest BCUT2D eigenvalue weighted by Gasteiger charge is -2.34. The van der Waals surface area contributed by atoms with Crippen LogP contribution in [0.4, 0.5) is 14.7 Å². The first-order valence-electron chi connectivity index (χ1n) is 11.1. The molecule has 0 radical (unpaired) electrons. The topological polar surface area (TPSA) is 90.5 Å². The molecule has 0 saturated carbocycles. The van der Waals surface area contributed by atoms with Gasteiger partial charge in [-0.05, 0) is 37.1 Å². The fourth-order valence-corrected chi connectivity index (χ4v) is 3.71. The molecular formula is C23H30F2N6O2. The second-order valence-electron chi connectivity index (χ2n) is 8.31. The van der Waals surface area contributed by atoms with Gasteiger partial charge >= 0.3 is 0 Å². The highest BCUT2D eigenvalue weighted by molar-refractivity contribution is 5.98. The summed E-state index contributed by atoms with van der Waals surface area (Å²) in [4.78, 5) is 38.0. The van der Waals surface area contributed by atoms with E-state index in [0.29, 0.717) is 6.54 Å². The first-order valence-corrected chi connectivity index (χ1v) is 11.1. The zero-order chi connectivity index (χ0) is 23.8. The number of anilines is 1. The Balaban J connectivity index is 1.42. The highest BCUT2D eigenvalue weighted by Crippen LogP contribution is 2.13. The lowest BCUT2D eigenvalue weighted by molar-refractivity contribution is -0.123. The molecule has 1 unspecified atom stereocenters. The summed E-state index contributed by atoms with van der Waals surface area (Å²) in [6, 6.07) is 4.10. The molecule has 0 bridgehead atoms. The van der Waals surface area contributed by atoms with Crippen LogP contribution in [0.3, 0.4) is 0 Å². The van der Waals surface area contributed by atoms with E-state index in [9.17, 15) is 18.4 Å². The standard InChI is InChI=1S/C23H30F2N6O2/c1-16(2)20(29-21(32)19-17(24)6-3-7-18(19)25)22(33)26-10-5-11-30-12-14-31(15-13-30)23-27-8-4-9-28-23/h3-4,6-9,16,20H,5,10-15H2,1-2H3,(H,26,33)(H,29,32). The van der Waals surface area contributed by atoms with E-state index in [0.717, 1.165) is 57.2 Å². The van der Waals surface area contributed by atoms with Gasteiger partial charge in [0.1, 0.15) is 23.2 Å². The van der Waals surface area contributed by atoms with Crippen molar-refractivity contribution in [3.8, 4) is 0 Å². The summed E-state index contributed by atoms with van der Waals surface area (Å²) in [6.07, 6.45) is 4.21. The molecule has 1 atom stereocenters. The molecule has 1 aliphatic heterocycles. The van der Waals surface area contributed by atoms with Crippen LogP contribution in [0.1, 0.15) is 30.6 Å². The summed E-state index contributed by atoms with van der Waals surface area (Å²) in [5, 5.41) is 5.29. The smallest absolute Gasteiger partial charge is 0.257 e. The Hall–Kier alpha value is -3.14. The predicted molar refractivity (Wildman–Crippen MR) is 121 cm³/mol. The highest BCUT2D eigenvalue weighted by Gasteiger charge is 2.27. The van der Waals surface area contributed by atoms with Gasteiger partial charge in [0, 0.05) is 45.1 Å². The molecule has 3 rings (SSSR count). The number of nitrogens with zero attached hydrogens (tertiary/aromatic N) is 4. The lowest BCUT2D eigenvalue weighted by atomic mass is 10.0. The van der Waals surface area contributed by atoms with Gasteiger partial charge in [-0.3, -0.25) is 14.5 Å². The number of carbonyl (C=O) groups is 2. The Morgan fingerprint density at radius 2 is 1.67 bits per heavy atom. The fraction of sp³-hybridized carbons (Fsp3) is 0.478. The Labute approximate surface area is 192 Å². The minimum atomic E-state index is -0.964. The van der Waals surface area contributed by atoms with Gasteiger partial charge in [0.15, 0.2) is 0 Å². The Morgan fingerprint density at radius 3 is 2.27 bits per heavy atom. The van der Waals surface area contributed by atoms with Gasteiger partial charge in [0.05, 0.1) is 0 Å². The quantitative estimate of drug-likeness (QED) is 0.555. The van der Waals surface area contributed by atoms with Crippen molar-refractivity contribution < 1.29 is 18.4 Å². The monoisotopic (exact) mass is 460 g/mol. The molecule has 178 valence electrons. The average molecular weight is 461 g/mol. The number of halogens is 2. The van der Waals surface area contributed by atoms with E-state index in [4.69, 9.17) is 0 Å². The SMILES string of the molecule is CC(C)C(NC(=O)c1c(F)cccc1F)C(=O)NCCCN1CCN(c2ncccn2)CC1. The largest absolute Gasteiger partial charge is 0.354 e. The van der Waals surface area contributed by atoms with Crippen molar-refractivity contribution in [1.82, 2.24) is 25.5 Å². The van der Waals surface area contributed by atoms with Crippen molar-refractivity contribution in [2.45, 2.75) is 26.3 Å². The molecule has 2 amide bonds.